The third kappa shape index (κ3) is 2.20. The molecule has 0 bridgehead atoms. The van der Waals surface area contributed by atoms with E-state index in [1.165, 1.54) is 6.20 Å². The third-order valence-corrected chi connectivity index (χ3v) is 2.17. The minimum atomic E-state index is -0.564. The Balaban J connectivity index is 1.88. The molecule has 76 valence electrons. The molecule has 1 fully saturated rings. The largest absolute Gasteiger partial charge is 0.486 e. The van der Waals surface area contributed by atoms with Gasteiger partial charge in [-0.3, -0.25) is 0 Å². The number of aromatic nitrogens is 1. The molecule has 0 amide bonds. The van der Waals surface area contributed by atoms with Gasteiger partial charge >= 0.3 is 0 Å². The maximum Gasteiger partial charge on any atom is 0.255 e. The number of ether oxygens (including phenoxy) is 2. The number of hydrogen-bond acceptors (Lipinski definition) is 3. The van der Waals surface area contributed by atoms with E-state index >= 15 is 0 Å². The zero-order valence-electron chi connectivity index (χ0n) is 7.78. The Hall–Kier alpha value is -1.16. The molecule has 14 heavy (non-hydrogen) atoms. The molecule has 0 aliphatic carbocycles. The Kier molecular flexibility index (Phi) is 2.93. The second-order valence-electron chi connectivity index (χ2n) is 3.24. The van der Waals surface area contributed by atoms with Crippen molar-refractivity contribution in [2.24, 2.45) is 0 Å². The summed E-state index contributed by atoms with van der Waals surface area (Å²) in [4.78, 5) is 3.49. The molecule has 1 saturated heterocycles. The predicted molar refractivity (Wildman–Crippen MR) is 48.7 cm³/mol. The number of rotatable bonds is 3. The van der Waals surface area contributed by atoms with E-state index < -0.39 is 5.95 Å². The lowest BCUT2D eigenvalue weighted by molar-refractivity contribution is 0.0662. The highest BCUT2D eigenvalue weighted by Gasteiger charge is 2.16. The van der Waals surface area contributed by atoms with Crippen molar-refractivity contribution in [2.45, 2.75) is 18.9 Å². The molecule has 0 radical (unpaired) electrons. The molecule has 1 aromatic rings. The van der Waals surface area contributed by atoms with Gasteiger partial charge in [0.25, 0.3) is 5.95 Å². The van der Waals surface area contributed by atoms with Gasteiger partial charge in [0.2, 0.25) is 0 Å². The van der Waals surface area contributed by atoms with Gasteiger partial charge in [0.1, 0.15) is 6.61 Å². The SMILES string of the molecule is Fc1ncccc1OCC1CCCO1. The monoisotopic (exact) mass is 197 g/mol. The van der Waals surface area contributed by atoms with Gasteiger partial charge in [-0.25, -0.2) is 4.98 Å². The van der Waals surface area contributed by atoms with Crippen molar-refractivity contribution in [2.75, 3.05) is 13.2 Å². The van der Waals surface area contributed by atoms with Crippen LogP contribution in [0.3, 0.4) is 0 Å². The van der Waals surface area contributed by atoms with Gasteiger partial charge in [-0.2, -0.15) is 4.39 Å². The van der Waals surface area contributed by atoms with E-state index in [1.54, 1.807) is 12.1 Å². The summed E-state index contributed by atoms with van der Waals surface area (Å²) in [7, 11) is 0. The van der Waals surface area contributed by atoms with Gasteiger partial charge in [-0.15, -0.1) is 0 Å². The molecule has 1 aromatic heterocycles. The number of hydrogen-bond donors (Lipinski definition) is 0. The van der Waals surface area contributed by atoms with E-state index in [1.807, 2.05) is 0 Å². The molecule has 2 rings (SSSR count). The van der Waals surface area contributed by atoms with Crippen molar-refractivity contribution in [3.8, 4) is 5.75 Å². The average Bonchev–Trinajstić information content (AvgIpc) is 2.69. The lowest BCUT2D eigenvalue weighted by atomic mass is 10.2. The smallest absolute Gasteiger partial charge is 0.255 e. The van der Waals surface area contributed by atoms with Crippen LogP contribution in [0.2, 0.25) is 0 Å². The summed E-state index contributed by atoms with van der Waals surface area (Å²) in [5.41, 5.74) is 0. The molecular formula is C10H12FNO2. The van der Waals surface area contributed by atoms with Crippen LogP contribution in [0.5, 0.6) is 5.75 Å². The fourth-order valence-corrected chi connectivity index (χ4v) is 1.44. The molecule has 1 aliphatic heterocycles. The average molecular weight is 197 g/mol. The fourth-order valence-electron chi connectivity index (χ4n) is 1.44. The van der Waals surface area contributed by atoms with Gasteiger partial charge < -0.3 is 9.47 Å². The lowest BCUT2D eigenvalue weighted by Crippen LogP contribution is -2.16. The van der Waals surface area contributed by atoms with Crippen LogP contribution in [0, 0.1) is 5.95 Å². The second kappa shape index (κ2) is 4.37. The Morgan fingerprint density at radius 1 is 1.64 bits per heavy atom. The molecule has 0 N–H and O–H groups in total. The molecule has 1 atom stereocenters. The summed E-state index contributed by atoms with van der Waals surface area (Å²) < 4.78 is 23.6. The maximum atomic E-state index is 13.0. The summed E-state index contributed by atoms with van der Waals surface area (Å²) in [6.45, 7) is 1.19. The quantitative estimate of drug-likeness (QED) is 0.692. The molecule has 0 aromatic carbocycles. The molecule has 0 spiro atoms. The molecule has 4 heteroatoms. The Morgan fingerprint density at radius 3 is 3.29 bits per heavy atom. The van der Waals surface area contributed by atoms with Crippen molar-refractivity contribution in [1.29, 1.82) is 0 Å². The van der Waals surface area contributed by atoms with Crippen LogP contribution in [-0.4, -0.2) is 24.3 Å². The number of pyridine rings is 1. The summed E-state index contributed by atoms with van der Waals surface area (Å²) in [6.07, 6.45) is 3.55. The maximum absolute atomic E-state index is 13.0. The molecule has 3 nitrogen and oxygen atoms in total. The van der Waals surface area contributed by atoms with Crippen LogP contribution in [0.1, 0.15) is 12.8 Å². The van der Waals surface area contributed by atoms with E-state index in [0.29, 0.717) is 6.61 Å². The van der Waals surface area contributed by atoms with Crippen LogP contribution in [0.25, 0.3) is 0 Å². The Labute approximate surface area is 81.9 Å². The van der Waals surface area contributed by atoms with E-state index in [2.05, 4.69) is 4.98 Å². The fraction of sp³-hybridized carbons (Fsp3) is 0.500. The normalized spacial score (nSPS) is 21.1. The van der Waals surface area contributed by atoms with Crippen molar-refractivity contribution in [3.05, 3.63) is 24.3 Å². The Morgan fingerprint density at radius 2 is 2.57 bits per heavy atom. The first-order valence-corrected chi connectivity index (χ1v) is 4.71. The number of nitrogens with zero attached hydrogens (tertiary/aromatic N) is 1. The van der Waals surface area contributed by atoms with Crippen molar-refractivity contribution in [1.82, 2.24) is 4.98 Å². The van der Waals surface area contributed by atoms with Crippen molar-refractivity contribution >= 4 is 0 Å². The van der Waals surface area contributed by atoms with Crippen LogP contribution >= 0.6 is 0 Å². The van der Waals surface area contributed by atoms with E-state index in [4.69, 9.17) is 9.47 Å². The topological polar surface area (TPSA) is 31.4 Å². The summed E-state index contributed by atoms with van der Waals surface area (Å²) >= 11 is 0. The first-order chi connectivity index (χ1) is 6.86. The van der Waals surface area contributed by atoms with Gasteiger partial charge in [0.15, 0.2) is 5.75 Å². The number of halogens is 1. The van der Waals surface area contributed by atoms with Gasteiger partial charge in [0.05, 0.1) is 6.10 Å². The summed E-state index contributed by atoms with van der Waals surface area (Å²) in [5.74, 6) is -0.367. The molecule has 1 unspecified atom stereocenters. The van der Waals surface area contributed by atoms with Crippen LogP contribution in [0.15, 0.2) is 18.3 Å². The predicted octanol–water partition coefficient (Wildman–Crippen LogP) is 1.78. The highest BCUT2D eigenvalue weighted by molar-refractivity contribution is 5.17. The molecule has 1 aliphatic rings. The third-order valence-electron chi connectivity index (χ3n) is 2.17. The second-order valence-corrected chi connectivity index (χ2v) is 3.24. The lowest BCUT2D eigenvalue weighted by Gasteiger charge is -2.10. The summed E-state index contributed by atoms with van der Waals surface area (Å²) in [6, 6.07) is 3.21. The van der Waals surface area contributed by atoms with Crippen molar-refractivity contribution in [3.63, 3.8) is 0 Å². The Bertz CT molecular complexity index is 300. The minimum Gasteiger partial charge on any atom is -0.486 e. The van der Waals surface area contributed by atoms with Gasteiger partial charge in [-0.1, -0.05) is 0 Å². The minimum absolute atomic E-state index is 0.106. The summed E-state index contributed by atoms with van der Waals surface area (Å²) in [5, 5.41) is 0. The van der Waals surface area contributed by atoms with E-state index in [0.717, 1.165) is 19.4 Å². The van der Waals surface area contributed by atoms with E-state index in [-0.39, 0.29) is 11.9 Å². The molecule has 2 heterocycles. The van der Waals surface area contributed by atoms with Gasteiger partial charge in [0, 0.05) is 12.8 Å². The van der Waals surface area contributed by atoms with Crippen LogP contribution in [-0.2, 0) is 4.74 Å². The highest BCUT2D eigenvalue weighted by atomic mass is 19.1. The zero-order valence-corrected chi connectivity index (χ0v) is 7.78. The van der Waals surface area contributed by atoms with Crippen LogP contribution < -0.4 is 4.74 Å². The van der Waals surface area contributed by atoms with E-state index in [9.17, 15) is 4.39 Å². The molecular weight excluding hydrogens is 185 g/mol. The standard InChI is InChI=1S/C10H12FNO2/c11-10-9(4-1-5-12-10)14-7-8-3-2-6-13-8/h1,4-5,8H,2-3,6-7H2. The van der Waals surface area contributed by atoms with Gasteiger partial charge in [-0.05, 0) is 25.0 Å². The van der Waals surface area contributed by atoms with Crippen molar-refractivity contribution < 1.29 is 13.9 Å². The molecule has 0 saturated carbocycles. The zero-order chi connectivity index (χ0) is 9.80. The van der Waals surface area contributed by atoms with Crippen LogP contribution in [0.4, 0.5) is 4.39 Å². The first kappa shape index (κ1) is 9.40. The highest BCUT2D eigenvalue weighted by Crippen LogP contribution is 2.16. The first-order valence-electron chi connectivity index (χ1n) is 4.71.